The normalized spacial score (nSPS) is 14.8. The molecule has 1 aliphatic rings. The van der Waals surface area contributed by atoms with Crippen molar-refractivity contribution in [3.63, 3.8) is 0 Å². The minimum atomic E-state index is 0.257. The number of aromatic nitrogens is 2. The van der Waals surface area contributed by atoms with Gasteiger partial charge in [-0.1, -0.05) is 42.4 Å². The monoisotopic (exact) mass is 342 g/mol. The van der Waals surface area contributed by atoms with Crippen LogP contribution in [0.2, 0.25) is 0 Å². The van der Waals surface area contributed by atoms with E-state index in [1.807, 2.05) is 17.9 Å². The number of carbonyl (C=O) groups is 1. The first kappa shape index (κ1) is 17.5. The van der Waals surface area contributed by atoms with Crippen LogP contribution in [0.3, 0.4) is 0 Å². The van der Waals surface area contributed by atoms with Crippen molar-refractivity contribution >= 4 is 11.9 Å². The molecule has 25 heavy (non-hydrogen) atoms. The fourth-order valence-electron chi connectivity index (χ4n) is 3.07. The third-order valence-electron chi connectivity index (χ3n) is 4.61. The molecule has 2 aromatic rings. The van der Waals surface area contributed by atoms with Gasteiger partial charge in [0.2, 0.25) is 11.8 Å². The average molecular weight is 342 g/mol. The molecule has 2 heterocycles. The molecule has 1 saturated heterocycles. The molecule has 1 aliphatic heterocycles. The Morgan fingerprint density at radius 3 is 2.52 bits per heavy atom. The molecule has 1 fully saturated rings. The Balaban J connectivity index is 1.36. The predicted octanol–water partition coefficient (Wildman–Crippen LogP) is 2.69. The Bertz CT molecular complexity index is 663. The van der Waals surface area contributed by atoms with Crippen LogP contribution in [0, 0.1) is 0 Å². The van der Waals surface area contributed by atoms with E-state index in [1.165, 1.54) is 5.56 Å². The summed E-state index contributed by atoms with van der Waals surface area (Å²) in [6, 6.07) is 11.0. The van der Waals surface area contributed by atoms with Crippen LogP contribution in [-0.4, -0.2) is 47.2 Å². The van der Waals surface area contributed by atoms with Gasteiger partial charge in [-0.3, -0.25) is 4.79 Å². The van der Waals surface area contributed by atoms with Crippen LogP contribution in [0.4, 0.5) is 6.01 Å². The van der Waals surface area contributed by atoms with Crippen LogP contribution in [-0.2, 0) is 17.6 Å². The number of aryl methyl sites for hydroxylation is 2. The molecule has 1 amide bonds. The van der Waals surface area contributed by atoms with Crippen LogP contribution in [0.25, 0.3) is 0 Å². The van der Waals surface area contributed by atoms with Gasteiger partial charge in [-0.2, -0.15) is 0 Å². The number of unbranched alkanes of at least 4 members (excludes halogenated alkanes) is 1. The number of amides is 1. The minimum Gasteiger partial charge on any atom is -0.408 e. The molecule has 134 valence electrons. The van der Waals surface area contributed by atoms with E-state index in [9.17, 15) is 4.79 Å². The largest absolute Gasteiger partial charge is 0.408 e. The maximum Gasteiger partial charge on any atom is 0.318 e. The molecule has 6 nitrogen and oxygen atoms in total. The Morgan fingerprint density at radius 1 is 1.08 bits per heavy atom. The van der Waals surface area contributed by atoms with E-state index in [0.29, 0.717) is 18.3 Å². The van der Waals surface area contributed by atoms with Crippen LogP contribution in [0.1, 0.15) is 37.6 Å². The number of hydrogen-bond acceptors (Lipinski definition) is 5. The maximum atomic E-state index is 12.4. The van der Waals surface area contributed by atoms with Gasteiger partial charge in [0.25, 0.3) is 0 Å². The van der Waals surface area contributed by atoms with E-state index in [4.69, 9.17) is 4.42 Å². The molecule has 0 N–H and O–H groups in total. The molecule has 0 unspecified atom stereocenters. The Kier molecular flexibility index (Phi) is 6.04. The molecule has 1 aromatic carbocycles. The Hall–Kier alpha value is -2.37. The van der Waals surface area contributed by atoms with Gasteiger partial charge in [-0.05, 0) is 24.8 Å². The van der Waals surface area contributed by atoms with Crippen molar-refractivity contribution in [2.75, 3.05) is 31.1 Å². The average Bonchev–Trinajstić information content (AvgIpc) is 3.15. The highest BCUT2D eigenvalue weighted by Crippen LogP contribution is 2.16. The van der Waals surface area contributed by atoms with Crippen LogP contribution < -0.4 is 4.90 Å². The number of carbonyl (C=O) groups excluding carboxylic acids is 1. The first-order valence-corrected chi connectivity index (χ1v) is 9.15. The number of rotatable bonds is 7. The topological polar surface area (TPSA) is 62.5 Å². The lowest BCUT2D eigenvalue weighted by Gasteiger charge is -2.33. The van der Waals surface area contributed by atoms with Gasteiger partial charge in [0.05, 0.1) is 0 Å². The Labute approximate surface area is 148 Å². The number of piperazine rings is 1. The molecule has 0 spiro atoms. The van der Waals surface area contributed by atoms with Crippen molar-refractivity contribution in [2.24, 2.45) is 0 Å². The number of benzene rings is 1. The van der Waals surface area contributed by atoms with Crippen molar-refractivity contribution in [1.29, 1.82) is 0 Å². The molecule has 0 bridgehead atoms. The standard InChI is InChI=1S/C19H26N4O2/c1-2-17-20-21-19(25-17)23-14-12-22(13-15-23)18(24)11-7-6-10-16-8-4-3-5-9-16/h3-5,8-9H,2,6-7,10-15H2,1H3. The highest BCUT2D eigenvalue weighted by molar-refractivity contribution is 5.76. The second-order valence-corrected chi connectivity index (χ2v) is 6.39. The van der Waals surface area contributed by atoms with Crippen LogP contribution >= 0.6 is 0 Å². The summed E-state index contributed by atoms with van der Waals surface area (Å²) in [5.41, 5.74) is 1.34. The summed E-state index contributed by atoms with van der Waals surface area (Å²) in [7, 11) is 0. The molecule has 0 atom stereocenters. The van der Waals surface area contributed by atoms with Gasteiger partial charge >= 0.3 is 6.01 Å². The number of hydrogen-bond donors (Lipinski definition) is 0. The van der Waals surface area contributed by atoms with Crippen LogP contribution in [0.5, 0.6) is 0 Å². The second kappa shape index (κ2) is 8.65. The highest BCUT2D eigenvalue weighted by Gasteiger charge is 2.23. The van der Waals surface area contributed by atoms with Crippen LogP contribution in [0.15, 0.2) is 34.7 Å². The van der Waals surface area contributed by atoms with E-state index >= 15 is 0 Å². The third-order valence-corrected chi connectivity index (χ3v) is 4.61. The second-order valence-electron chi connectivity index (χ2n) is 6.39. The van der Waals surface area contributed by atoms with Gasteiger partial charge in [-0.25, -0.2) is 0 Å². The summed E-state index contributed by atoms with van der Waals surface area (Å²) in [4.78, 5) is 16.4. The number of nitrogens with zero attached hydrogens (tertiary/aromatic N) is 4. The summed E-state index contributed by atoms with van der Waals surface area (Å²) in [5.74, 6) is 0.916. The maximum absolute atomic E-state index is 12.4. The van der Waals surface area contributed by atoms with Crippen molar-refractivity contribution in [2.45, 2.75) is 39.0 Å². The first-order chi connectivity index (χ1) is 12.3. The molecule has 0 saturated carbocycles. The molecule has 6 heteroatoms. The van der Waals surface area contributed by atoms with E-state index in [2.05, 4.69) is 39.4 Å². The molecular weight excluding hydrogens is 316 g/mol. The smallest absolute Gasteiger partial charge is 0.318 e. The lowest BCUT2D eigenvalue weighted by Crippen LogP contribution is -2.48. The zero-order chi connectivity index (χ0) is 17.5. The summed E-state index contributed by atoms with van der Waals surface area (Å²) in [6.45, 7) is 4.94. The van der Waals surface area contributed by atoms with Gasteiger partial charge in [0.1, 0.15) is 0 Å². The zero-order valence-corrected chi connectivity index (χ0v) is 14.9. The SMILES string of the molecule is CCc1nnc(N2CCN(C(=O)CCCCc3ccccc3)CC2)o1. The summed E-state index contributed by atoms with van der Waals surface area (Å²) in [6.07, 6.45) is 4.41. The van der Waals surface area contributed by atoms with E-state index in [-0.39, 0.29) is 5.91 Å². The van der Waals surface area contributed by atoms with Crippen molar-refractivity contribution < 1.29 is 9.21 Å². The van der Waals surface area contributed by atoms with Gasteiger partial charge < -0.3 is 14.2 Å². The molecule has 1 aromatic heterocycles. The molecule has 0 aliphatic carbocycles. The quantitative estimate of drug-likeness (QED) is 0.724. The summed E-state index contributed by atoms with van der Waals surface area (Å²) < 4.78 is 5.59. The lowest BCUT2D eigenvalue weighted by atomic mass is 10.1. The molecule has 3 rings (SSSR count). The zero-order valence-electron chi connectivity index (χ0n) is 14.9. The highest BCUT2D eigenvalue weighted by atomic mass is 16.4. The predicted molar refractivity (Wildman–Crippen MR) is 96.5 cm³/mol. The molecular formula is C19H26N4O2. The van der Waals surface area contributed by atoms with Gasteiger partial charge in [0, 0.05) is 39.0 Å². The minimum absolute atomic E-state index is 0.257. The van der Waals surface area contributed by atoms with Gasteiger partial charge in [0.15, 0.2) is 0 Å². The summed E-state index contributed by atoms with van der Waals surface area (Å²) in [5, 5.41) is 8.08. The van der Waals surface area contributed by atoms with Crippen molar-refractivity contribution in [1.82, 2.24) is 15.1 Å². The summed E-state index contributed by atoms with van der Waals surface area (Å²) >= 11 is 0. The lowest BCUT2D eigenvalue weighted by molar-refractivity contribution is -0.131. The fourth-order valence-corrected chi connectivity index (χ4v) is 3.07. The number of anilines is 1. The van der Waals surface area contributed by atoms with Gasteiger partial charge in [-0.15, -0.1) is 5.10 Å². The first-order valence-electron chi connectivity index (χ1n) is 9.15. The van der Waals surface area contributed by atoms with E-state index < -0.39 is 0 Å². The fraction of sp³-hybridized carbons (Fsp3) is 0.526. The Morgan fingerprint density at radius 2 is 1.84 bits per heavy atom. The van der Waals surface area contributed by atoms with E-state index in [0.717, 1.165) is 51.9 Å². The third kappa shape index (κ3) is 4.81. The molecule has 0 radical (unpaired) electrons. The van der Waals surface area contributed by atoms with E-state index in [1.54, 1.807) is 0 Å². The van der Waals surface area contributed by atoms with Crippen molar-refractivity contribution in [3.8, 4) is 0 Å². The van der Waals surface area contributed by atoms with Crippen molar-refractivity contribution in [3.05, 3.63) is 41.8 Å².